The zero-order valence-electron chi connectivity index (χ0n) is 14.5. The van der Waals surface area contributed by atoms with E-state index < -0.39 is 7.81 Å². The van der Waals surface area contributed by atoms with Gasteiger partial charge in [-0.3, -0.25) is 10.1 Å². The summed E-state index contributed by atoms with van der Waals surface area (Å²) in [6, 6.07) is 27.1. The molecule has 3 nitrogen and oxygen atoms in total. The minimum Gasteiger partial charge on any atom is -0.258 e. The zero-order valence-corrected chi connectivity index (χ0v) is 16.2. The fourth-order valence-corrected chi connectivity index (χ4v) is 4.37. The molecule has 0 atom stereocenters. The number of hydrogen-bond acceptors (Lipinski definition) is 2. The molecule has 0 radical (unpaired) electrons. The zero-order chi connectivity index (χ0) is 21.8. The van der Waals surface area contributed by atoms with Gasteiger partial charge in [0.2, 0.25) is 0 Å². The molecule has 0 amide bonds. The van der Waals surface area contributed by atoms with E-state index in [0.717, 1.165) is 14.7 Å². The molecule has 0 aromatic heterocycles. The number of nitro groups is 1. The number of halogens is 6. The Bertz CT molecular complexity index is 935. The molecule has 3 aromatic rings. The third kappa shape index (κ3) is 8.97. The van der Waals surface area contributed by atoms with Gasteiger partial charge in [-0.2, -0.15) is 0 Å². The summed E-state index contributed by atoms with van der Waals surface area (Å²) in [7, 11) is -11.0. The average Bonchev–Trinajstić information content (AvgIpc) is 2.61. The van der Waals surface area contributed by atoms with Crippen LogP contribution in [0.5, 0.6) is 0 Å². The van der Waals surface area contributed by atoms with Crippen molar-refractivity contribution >= 4 is 24.4 Å². The number of nitro benzene ring substituents is 1. The molecule has 11 heteroatoms. The van der Waals surface area contributed by atoms with Crippen molar-refractivity contribution in [3.63, 3.8) is 0 Å². The van der Waals surface area contributed by atoms with E-state index in [1.165, 1.54) is 6.07 Å². The van der Waals surface area contributed by atoms with Gasteiger partial charge >= 0.3 is 33.0 Å². The van der Waals surface area contributed by atoms with Crippen molar-refractivity contribution in [2.24, 2.45) is 0 Å². The number of nitrogens with zero attached hydrogens (tertiary/aromatic N) is 1. The maximum absolute atomic E-state index is 11.1. The molecule has 0 aliphatic heterocycles. The van der Waals surface area contributed by atoms with Crippen LogP contribution < -0.4 is 0 Å². The predicted molar refractivity (Wildman–Crippen MR) is 102 cm³/mol. The first-order valence-electron chi connectivity index (χ1n) is 7.86. The quantitative estimate of drug-likeness (QED) is 0.132. The van der Waals surface area contributed by atoms with Crippen LogP contribution in [0.2, 0.25) is 0 Å². The van der Waals surface area contributed by atoms with E-state index in [-0.39, 0.29) is 21.5 Å². The summed E-state index contributed by atoms with van der Waals surface area (Å²) in [6.45, 7) is 0. The molecule has 0 fully saturated rings. The van der Waals surface area contributed by atoms with E-state index in [9.17, 15) is 35.3 Å². The van der Waals surface area contributed by atoms with Crippen molar-refractivity contribution in [1.82, 2.24) is 0 Å². The minimum atomic E-state index is -10.7. The molecular weight excluding hydrogens is 439 g/mol. The summed E-state index contributed by atoms with van der Waals surface area (Å²) in [4.78, 5) is 14.0. The van der Waals surface area contributed by atoms with Crippen molar-refractivity contribution in [3.8, 4) is 0 Å². The van der Waals surface area contributed by atoms with Gasteiger partial charge in [0.05, 0.1) is 21.9 Å². The molecule has 0 saturated heterocycles. The summed E-state index contributed by atoms with van der Waals surface area (Å²) >= 11 is 0. The first-order valence-corrected chi connectivity index (χ1v) is 11.1. The van der Waals surface area contributed by atoms with Gasteiger partial charge in [0.15, 0.2) is 14.7 Å². The van der Waals surface area contributed by atoms with Crippen LogP contribution in [-0.4, -0.2) is 4.92 Å². The van der Waals surface area contributed by atoms with E-state index in [1.54, 1.807) is 12.1 Å². The Morgan fingerprint density at radius 3 is 1.41 bits per heavy atom. The van der Waals surface area contributed by atoms with E-state index >= 15 is 0 Å². The molecular formula is C18H14F6NO2PS. The fourth-order valence-electron chi connectivity index (χ4n) is 2.25. The second-order valence-corrected chi connectivity index (χ2v) is 9.59. The van der Waals surface area contributed by atoms with E-state index in [4.69, 9.17) is 0 Å². The fraction of sp³-hybridized carbons (Fsp3) is 0. The maximum Gasteiger partial charge on any atom is 0.274 e. The van der Waals surface area contributed by atoms with Crippen LogP contribution in [0.3, 0.4) is 0 Å². The topological polar surface area (TPSA) is 43.1 Å². The van der Waals surface area contributed by atoms with Gasteiger partial charge in [-0.15, -0.1) is 0 Å². The summed E-state index contributed by atoms with van der Waals surface area (Å²) in [5.74, 6) is 0. The van der Waals surface area contributed by atoms with Gasteiger partial charge in [0.25, 0.3) is 5.69 Å². The third-order valence-corrected chi connectivity index (χ3v) is 5.43. The molecule has 0 N–H and O–H groups in total. The average molecular weight is 453 g/mol. The molecule has 156 valence electrons. The molecule has 3 aromatic carbocycles. The Morgan fingerprint density at radius 1 is 0.655 bits per heavy atom. The molecule has 0 unspecified atom stereocenters. The van der Waals surface area contributed by atoms with Crippen LogP contribution in [0, 0.1) is 10.1 Å². The van der Waals surface area contributed by atoms with E-state index in [2.05, 4.69) is 24.3 Å². The van der Waals surface area contributed by atoms with Crippen LogP contribution >= 0.6 is 7.81 Å². The molecule has 29 heavy (non-hydrogen) atoms. The van der Waals surface area contributed by atoms with Gasteiger partial charge in [0.1, 0.15) is 0 Å². The van der Waals surface area contributed by atoms with Gasteiger partial charge in [-0.25, -0.2) is 0 Å². The smallest absolute Gasteiger partial charge is 0.258 e. The predicted octanol–water partition coefficient (Wildman–Crippen LogP) is 8.07. The Morgan fingerprint density at radius 2 is 1.03 bits per heavy atom. The Labute approximate surface area is 164 Å². The summed E-state index contributed by atoms with van der Waals surface area (Å²) in [5, 5.41) is 11.1. The third-order valence-electron chi connectivity index (χ3n) is 3.22. The largest absolute Gasteiger partial charge is 0.274 e. The molecule has 0 bridgehead atoms. The summed E-state index contributed by atoms with van der Waals surface area (Å²) in [6.07, 6.45) is 0. The number of non-ortho nitro benzene ring substituents is 1. The molecule has 0 saturated carbocycles. The standard InChI is InChI=1S/C18H14NO2S.F6P/c20-19(21)15-8-7-13-18(14-15)22(16-9-3-1-4-10-16)17-11-5-2-6-12-17;1-7(2,3,4,5)6/h1-14H;/q+1;-1. The first kappa shape index (κ1) is 22.7. The Balaban J connectivity index is 0.000000370. The second kappa shape index (κ2) is 7.68. The van der Waals surface area contributed by atoms with Gasteiger partial charge < -0.3 is 0 Å². The summed E-state index contributed by atoms with van der Waals surface area (Å²) in [5.41, 5.74) is 0.127. The second-order valence-electron chi connectivity index (χ2n) is 5.65. The molecule has 0 aliphatic rings. The number of rotatable bonds is 4. The van der Waals surface area contributed by atoms with Gasteiger partial charge in [-0.1, -0.05) is 42.5 Å². The van der Waals surface area contributed by atoms with E-state index in [1.807, 2.05) is 42.5 Å². The first-order chi connectivity index (χ1) is 13.2. The SMILES string of the molecule is F[P-](F)(F)(F)(F)F.O=[N+]([O-])c1cccc([S+](c2ccccc2)c2ccccc2)c1. The maximum atomic E-state index is 11.1. The number of benzene rings is 3. The molecule has 0 spiro atoms. The van der Waals surface area contributed by atoms with Crippen LogP contribution in [0.25, 0.3) is 0 Å². The number of hydrogen-bond donors (Lipinski definition) is 0. The van der Waals surface area contributed by atoms with Crippen molar-refractivity contribution in [2.45, 2.75) is 14.7 Å². The summed E-state index contributed by atoms with van der Waals surface area (Å²) < 4.78 is 59.2. The van der Waals surface area contributed by atoms with Crippen molar-refractivity contribution in [2.75, 3.05) is 0 Å². The van der Waals surface area contributed by atoms with Crippen LogP contribution in [0.15, 0.2) is 99.6 Å². The van der Waals surface area contributed by atoms with Gasteiger partial charge in [0, 0.05) is 6.07 Å². The Kier molecular flexibility index (Phi) is 6.02. The monoisotopic (exact) mass is 453 g/mol. The normalized spacial score (nSPS) is 13.6. The minimum absolute atomic E-state index is 0.127. The van der Waals surface area contributed by atoms with Crippen molar-refractivity contribution < 1.29 is 30.1 Å². The van der Waals surface area contributed by atoms with Gasteiger partial charge in [-0.05, 0) is 30.3 Å². The van der Waals surface area contributed by atoms with Crippen LogP contribution in [0.4, 0.5) is 30.9 Å². The molecule has 0 heterocycles. The van der Waals surface area contributed by atoms with Crippen molar-refractivity contribution in [3.05, 3.63) is 95.0 Å². The van der Waals surface area contributed by atoms with E-state index in [0.29, 0.717) is 0 Å². The van der Waals surface area contributed by atoms with Crippen LogP contribution in [-0.2, 0) is 10.9 Å². The molecule has 3 rings (SSSR count). The Hall–Kier alpha value is -2.58. The van der Waals surface area contributed by atoms with Crippen molar-refractivity contribution in [1.29, 1.82) is 0 Å². The van der Waals surface area contributed by atoms with Crippen LogP contribution in [0.1, 0.15) is 0 Å². The molecule has 0 aliphatic carbocycles.